The van der Waals surface area contributed by atoms with Crippen molar-refractivity contribution in [3.8, 4) is 0 Å². The third kappa shape index (κ3) is 5.10. The van der Waals surface area contributed by atoms with Crippen molar-refractivity contribution >= 4 is 16.0 Å². The molecule has 4 N–H and O–H groups in total. The minimum atomic E-state index is -4.40. The van der Waals surface area contributed by atoms with Crippen LogP contribution in [-0.2, 0) is 14.9 Å². The third-order valence-electron chi connectivity index (χ3n) is 12.8. The van der Waals surface area contributed by atoms with Gasteiger partial charge in [-0.15, -0.1) is 0 Å². The fraction of sp³-hybridized carbons (Fsp3) is 0.967. The maximum atomic E-state index is 12.7. The van der Waals surface area contributed by atoms with Crippen molar-refractivity contribution in [3.63, 3.8) is 0 Å². The van der Waals surface area contributed by atoms with Gasteiger partial charge in [0.2, 0.25) is 5.91 Å². The van der Waals surface area contributed by atoms with Crippen LogP contribution in [0.4, 0.5) is 0 Å². The number of aliphatic hydroxyl groups is 3. The molecule has 5 rings (SSSR count). The number of carbonyl (C=O) groups excluding carboxylic acids is 1. The first-order valence-corrected chi connectivity index (χ1v) is 17.0. The van der Waals surface area contributed by atoms with E-state index in [9.17, 15) is 33.1 Å². The van der Waals surface area contributed by atoms with Crippen molar-refractivity contribution in [1.82, 2.24) is 5.32 Å². The van der Waals surface area contributed by atoms with Crippen LogP contribution >= 0.6 is 0 Å². The van der Waals surface area contributed by atoms with Gasteiger partial charge in [0, 0.05) is 6.42 Å². The second-order valence-electron chi connectivity index (χ2n) is 14.7. The van der Waals surface area contributed by atoms with E-state index in [1.165, 1.54) is 0 Å². The molecule has 0 unspecified atom stereocenters. The van der Waals surface area contributed by atoms with Gasteiger partial charge >= 0.3 is 0 Å². The highest BCUT2D eigenvalue weighted by Crippen LogP contribution is 2.69. The summed E-state index contributed by atoms with van der Waals surface area (Å²) in [5, 5.41) is 37.0. The topological polar surface area (TPSA) is 147 Å². The molecule has 5 aliphatic rings. The van der Waals surface area contributed by atoms with Crippen molar-refractivity contribution in [2.45, 2.75) is 122 Å². The second-order valence-corrected chi connectivity index (χ2v) is 16.1. The van der Waals surface area contributed by atoms with Gasteiger partial charge in [0.1, 0.15) is 0 Å². The van der Waals surface area contributed by atoms with E-state index in [0.717, 1.165) is 38.5 Å². The lowest BCUT2D eigenvalue weighted by Gasteiger charge is -2.65. The Labute approximate surface area is 234 Å². The molecule has 0 radical (unpaired) electrons. The van der Waals surface area contributed by atoms with Gasteiger partial charge in [-0.05, 0) is 110 Å². The Morgan fingerprint density at radius 2 is 1.72 bits per heavy atom. The van der Waals surface area contributed by atoms with Crippen molar-refractivity contribution in [2.24, 2.45) is 52.3 Å². The average molecular weight is 569 g/mol. The van der Waals surface area contributed by atoms with Crippen LogP contribution in [0, 0.1) is 52.3 Å². The Balaban J connectivity index is 1.30. The molecule has 0 aliphatic heterocycles. The zero-order chi connectivity index (χ0) is 28.5. The van der Waals surface area contributed by atoms with Gasteiger partial charge in [0.25, 0.3) is 0 Å². The van der Waals surface area contributed by atoms with Crippen molar-refractivity contribution in [1.29, 1.82) is 0 Å². The number of hydrogen-bond donors (Lipinski definition) is 4. The summed E-state index contributed by atoms with van der Waals surface area (Å²) in [4.78, 5) is 12.7. The summed E-state index contributed by atoms with van der Waals surface area (Å²) in [5.41, 5.74) is -1.19. The van der Waals surface area contributed by atoms with Gasteiger partial charge in [0.05, 0.1) is 39.7 Å². The van der Waals surface area contributed by atoms with Gasteiger partial charge in [-0.1, -0.05) is 34.1 Å². The SMILES string of the molecule is CC[C@H]1[C@@H](O)[C@@H]2[C@H](C[C@H](O)[C@]3(C)[C@@H]([C@H](C)CCC(=O)NC4(CS(=O)(=O)[O-])CC4)CC[C@@H]23)[C@@]2(C)CC[C@@H](O)C[C@@H]12. The van der Waals surface area contributed by atoms with E-state index in [-0.39, 0.29) is 70.7 Å². The predicted molar refractivity (Wildman–Crippen MR) is 146 cm³/mol. The number of rotatable bonds is 8. The second kappa shape index (κ2) is 10.2. The highest BCUT2D eigenvalue weighted by molar-refractivity contribution is 7.85. The molecule has 5 saturated carbocycles. The number of amides is 1. The zero-order valence-corrected chi connectivity index (χ0v) is 25.0. The molecule has 0 aromatic rings. The van der Waals surface area contributed by atoms with Crippen LogP contribution in [0.2, 0.25) is 0 Å². The summed E-state index contributed by atoms with van der Waals surface area (Å²) in [5.74, 6) is 0.714. The summed E-state index contributed by atoms with van der Waals surface area (Å²) in [6.45, 7) is 8.90. The molecule has 39 heavy (non-hydrogen) atoms. The lowest BCUT2D eigenvalue weighted by Crippen LogP contribution is -2.65. The van der Waals surface area contributed by atoms with Crippen LogP contribution in [-0.4, -0.2) is 63.8 Å². The quantitative estimate of drug-likeness (QED) is 0.329. The summed E-state index contributed by atoms with van der Waals surface area (Å²) >= 11 is 0. The van der Waals surface area contributed by atoms with Gasteiger partial charge in [0.15, 0.2) is 0 Å². The summed E-state index contributed by atoms with van der Waals surface area (Å²) in [6.07, 6.45) is 6.76. The van der Waals surface area contributed by atoms with E-state index in [0.29, 0.717) is 25.7 Å². The minimum absolute atomic E-state index is 0.0181. The average Bonchev–Trinajstić information content (AvgIpc) is 3.47. The predicted octanol–water partition coefficient (Wildman–Crippen LogP) is 3.19. The fourth-order valence-corrected chi connectivity index (χ4v) is 11.6. The third-order valence-corrected chi connectivity index (χ3v) is 13.7. The molecule has 1 amide bonds. The monoisotopic (exact) mass is 568 g/mol. The molecule has 12 atom stereocenters. The summed E-state index contributed by atoms with van der Waals surface area (Å²) < 4.78 is 33.7. The normalized spacial score (nSPS) is 47.4. The number of fused-ring (bicyclic) bond motifs is 5. The molecule has 224 valence electrons. The Hall–Kier alpha value is -0.740. The Bertz CT molecular complexity index is 1050. The zero-order valence-electron chi connectivity index (χ0n) is 24.1. The standard InChI is InChI=1S/C30H51NO7S/c1-5-19-22-14-18(32)10-11-28(22,3)23-15-24(33)29(4)20(7-8-21(29)26(23)27(19)35)17(2)6-9-25(34)31-30(12-13-30)16-39(36,37)38/h17-24,26-27,32-33,35H,5-16H2,1-4H3,(H,31,34)(H,36,37,38)/p-1/t17-,18-,19-,20-,21+,22+,23+,24+,26+,27-,28+,29-/m1/s1. The number of carbonyl (C=O) groups is 1. The van der Waals surface area contributed by atoms with Crippen LogP contribution in [0.1, 0.15) is 98.3 Å². The van der Waals surface area contributed by atoms with E-state index in [1.807, 2.05) is 0 Å². The van der Waals surface area contributed by atoms with E-state index < -0.39 is 33.6 Å². The van der Waals surface area contributed by atoms with Crippen molar-refractivity contribution < 1.29 is 33.1 Å². The molecule has 0 aromatic carbocycles. The van der Waals surface area contributed by atoms with Gasteiger partial charge < -0.3 is 25.2 Å². The Kier molecular flexibility index (Phi) is 7.79. The molecule has 0 bridgehead atoms. The van der Waals surface area contributed by atoms with E-state index in [2.05, 4.69) is 33.0 Å². The minimum Gasteiger partial charge on any atom is -0.748 e. The van der Waals surface area contributed by atoms with Crippen LogP contribution in [0.25, 0.3) is 0 Å². The smallest absolute Gasteiger partial charge is 0.220 e. The number of hydrogen-bond acceptors (Lipinski definition) is 7. The lowest BCUT2D eigenvalue weighted by atomic mass is 9.41. The summed E-state index contributed by atoms with van der Waals surface area (Å²) in [6, 6.07) is 0. The number of nitrogens with one attached hydrogen (secondary N) is 1. The molecule has 5 fully saturated rings. The van der Waals surface area contributed by atoms with Gasteiger partial charge in [-0.2, -0.15) is 0 Å². The van der Waals surface area contributed by atoms with Crippen molar-refractivity contribution in [3.05, 3.63) is 0 Å². The van der Waals surface area contributed by atoms with E-state index in [1.54, 1.807) is 0 Å². The maximum Gasteiger partial charge on any atom is 0.220 e. The Morgan fingerprint density at radius 3 is 2.33 bits per heavy atom. The van der Waals surface area contributed by atoms with Gasteiger partial charge in [-0.25, -0.2) is 8.42 Å². The maximum absolute atomic E-state index is 12.7. The van der Waals surface area contributed by atoms with Gasteiger partial charge in [-0.3, -0.25) is 4.79 Å². The molecule has 0 heterocycles. The Morgan fingerprint density at radius 1 is 1.03 bits per heavy atom. The van der Waals surface area contributed by atoms with Crippen LogP contribution in [0.5, 0.6) is 0 Å². The first-order valence-electron chi connectivity index (χ1n) is 15.4. The molecular weight excluding hydrogens is 518 g/mol. The largest absolute Gasteiger partial charge is 0.748 e. The highest BCUT2D eigenvalue weighted by atomic mass is 32.2. The molecule has 0 saturated heterocycles. The van der Waals surface area contributed by atoms with Crippen molar-refractivity contribution in [2.75, 3.05) is 5.75 Å². The van der Waals surface area contributed by atoms with Crippen LogP contribution in [0.15, 0.2) is 0 Å². The molecular formula is C30H50NO7S-. The molecule has 0 aromatic heterocycles. The first kappa shape index (κ1) is 29.7. The molecule has 8 nitrogen and oxygen atoms in total. The van der Waals surface area contributed by atoms with Crippen LogP contribution < -0.4 is 5.32 Å². The molecule has 0 spiro atoms. The summed E-state index contributed by atoms with van der Waals surface area (Å²) in [7, 11) is -4.40. The molecule has 5 aliphatic carbocycles. The first-order chi connectivity index (χ1) is 18.1. The highest BCUT2D eigenvalue weighted by Gasteiger charge is 2.67. The van der Waals surface area contributed by atoms with Crippen LogP contribution in [0.3, 0.4) is 0 Å². The number of aliphatic hydroxyl groups excluding tert-OH is 3. The van der Waals surface area contributed by atoms with E-state index in [4.69, 9.17) is 0 Å². The fourth-order valence-electron chi connectivity index (χ4n) is 10.6. The molecule has 9 heteroatoms. The van der Waals surface area contributed by atoms with E-state index >= 15 is 0 Å². The lowest BCUT2D eigenvalue weighted by molar-refractivity contribution is -0.228.